The molecule has 3 heterocycles. The summed E-state index contributed by atoms with van der Waals surface area (Å²) < 4.78 is 14.8. The van der Waals surface area contributed by atoms with E-state index in [0.717, 1.165) is 5.52 Å². The normalized spacial score (nSPS) is 13.6. The average Bonchev–Trinajstić information content (AvgIpc) is 3.15. The first-order valence-electron chi connectivity index (χ1n) is 9.50. The molecular weight excluding hydrogens is 385 g/mol. The van der Waals surface area contributed by atoms with Gasteiger partial charge in [-0.3, -0.25) is 9.69 Å². The lowest BCUT2D eigenvalue weighted by Gasteiger charge is -2.33. The van der Waals surface area contributed by atoms with Crippen LogP contribution in [0, 0.1) is 12.7 Å². The maximum Gasteiger partial charge on any atom is 0.299 e. The summed E-state index contributed by atoms with van der Waals surface area (Å²) in [4.78, 5) is 30.6. The fourth-order valence-corrected chi connectivity index (χ4v) is 3.51. The van der Waals surface area contributed by atoms with Crippen LogP contribution in [0.3, 0.4) is 0 Å². The molecule has 0 aliphatic carbocycles. The Bertz CT molecular complexity index is 1270. The number of amides is 1. The van der Waals surface area contributed by atoms with Gasteiger partial charge in [0.15, 0.2) is 11.6 Å². The van der Waals surface area contributed by atoms with Crippen LogP contribution in [0.5, 0.6) is 0 Å². The van der Waals surface area contributed by atoms with Crippen LogP contribution in [0.4, 0.5) is 16.0 Å². The number of carbonyl (C=O) groups excluding carboxylic acids is 1. The maximum absolute atomic E-state index is 13.3. The third-order valence-electron chi connectivity index (χ3n) is 5.09. The molecule has 4 aromatic rings. The van der Waals surface area contributed by atoms with Gasteiger partial charge in [0.25, 0.3) is 5.91 Å². The number of halogens is 1. The van der Waals surface area contributed by atoms with E-state index in [2.05, 4.69) is 20.1 Å². The minimum atomic E-state index is -0.349. The van der Waals surface area contributed by atoms with Gasteiger partial charge in [0.05, 0.1) is 16.7 Å². The molecule has 1 aliphatic rings. The second-order valence-electron chi connectivity index (χ2n) is 7.11. The molecule has 30 heavy (non-hydrogen) atoms. The van der Waals surface area contributed by atoms with Crippen LogP contribution in [-0.2, 0) is 0 Å². The molecule has 0 saturated carbocycles. The van der Waals surface area contributed by atoms with Crippen molar-refractivity contribution in [3.8, 4) is 5.69 Å². The molecule has 2 aromatic heterocycles. The van der Waals surface area contributed by atoms with Gasteiger partial charge >= 0.3 is 0 Å². The van der Waals surface area contributed by atoms with Crippen molar-refractivity contribution >= 4 is 28.6 Å². The molecule has 0 N–H and O–H groups in total. The van der Waals surface area contributed by atoms with Crippen LogP contribution >= 0.6 is 0 Å². The summed E-state index contributed by atoms with van der Waals surface area (Å²) in [5.41, 5.74) is 2.11. The number of likely N-dealkylation sites (N-methyl/N-ethyl adjacent to an activating group) is 1. The van der Waals surface area contributed by atoms with Crippen LogP contribution in [0.25, 0.3) is 16.7 Å². The van der Waals surface area contributed by atoms with E-state index in [1.165, 1.54) is 16.8 Å². The van der Waals surface area contributed by atoms with E-state index >= 15 is 0 Å². The molecule has 1 aliphatic heterocycles. The van der Waals surface area contributed by atoms with Gasteiger partial charge in [-0.15, -0.1) is 5.10 Å². The monoisotopic (exact) mass is 403 g/mol. The quantitative estimate of drug-likeness (QED) is 0.512. The number of rotatable bonds is 2. The van der Waals surface area contributed by atoms with Crippen molar-refractivity contribution < 1.29 is 9.18 Å². The lowest BCUT2D eigenvalue weighted by molar-refractivity contribution is 0.0976. The molecule has 150 valence electrons. The Labute approximate surface area is 171 Å². The van der Waals surface area contributed by atoms with Crippen LogP contribution in [-0.4, -0.2) is 50.8 Å². The third-order valence-corrected chi connectivity index (χ3v) is 5.09. The van der Waals surface area contributed by atoms with Gasteiger partial charge in [0, 0.05) is 20.1 Å². The topological polar surface area (TPSA) is 80.0 Å². The minimum Gasteiger partial charge on any atom is -0.355 e. The number of hydrogen-bond acceptors (Lipinski definition) is 6. The van der Waals surface area contributed by atoms with Crippen LogP contribution in [0.15, 0.2) is 48.5 Å². The van der Waals surface area contributed by atoms with Crippen molar-refractivity contribution in [2.24, 2.45) is 0 Å². The van der Waals surface area contributed by atoms with Gasteiger partial charge in [-0.1, -0.05) is 12.1 Å². The molecule has 0 spiro atoms. The van der Waals surface area contributed by atoms with Crippen molar-refractivity contribution in [3.63, 3.8) is 0 Å². The van der Waals surface area contributed by atoms with Gasteiger partial charge in [-0.05, 0) is 43.3 Å². The van der Waals surface area contributed by atoms with Crippen LogP contribution < -0.4 is 9.80 Å². The zero-order valence-corrected chi connectivity index (χ0v) is 16.4. The highest BCUT2D eigenvalue weighted by Crippen LogP contribution is 2.31. The molecule has 8 nitrogen and oxygen atoms in total. The number of fused-ring (bicyclic) bond motifs is 2. The van der Waals surface area contributed by atoms with Crippen LogP contribution in [0.2, 0.25) is 0 Å². The van der Waals surface area contributed by atoms with Gasteiger partial charge in [0.1, 0.15) is 11.6 Å². The summed E-state index contributed by atoms with van der Waals surface area (Å²) >= 11 is 0. The van der Waals surface area contributed by atoms with E-state index in [1.807, 2.05) is 36.2 Å². The van der Waals surface area contributed by atoms with Crippen molar-refractivity contribution in [2.45, 2.75) is 6.92 Å². The maximum atomic E-state index is 13.3. The zero-order valence-electron chi connectivity index (χ0n) is 16.4. The minimum absolute atomic E-state index is 0.0577. The molecule has 0 bridgehead atoms. The van der Waals surface area contributed by atoms with Crippen molar-refractivity contribution in [1.29, 1.82) is 0 Å². The fourth-order valence-electron chi connectivity index (χ4n) is 3.51. The number of para-hydroxylation sites is 2. The Balaban J connectivity index is 1.55. The lowest BCUT2D eigenvalue weighted by atomic mass is 10.2. The smallest absolute Gasteiger partial charge is 0.299 e. The molecule has 1 amide bonds. The van der Waals surface area contributed by atoms with Gasteiger partial charge in [-0.25, -0.2) is 24.0 Å². The van der Waals surface area contributed by atoms with Crippen LogP contribution in [0.1, 0.15) is 16.4 Å². The van der Waals surface area contributed by atoms with E-state index in [9.17, 15) is 9.18 Å². The van der Waals surface area contributed by atoms with E-state index in [1.54, 1.807) is 24.0 Å². The summed E-state index contributed by atoms with van der Waals surface area (Å²) in [6.45, 7) is 2.81. The first kappa shape index (κ1) is 18.2. The Morgan fingerprint density at radius 2 is 1.60 bits per heavy atom. The summed E-state index contributed by atoms with van der Waals surface area (Å²) in [6.07, 6.45) is 0. The van der Waals surface area contributed by atoms with E-state index in [4.69, 9.17) is 0 Å². The number of benzene rings is 2. The fraction of sp³-hybridized carbons (Fsp3) is 0.190. The average molecular weight is 403 g/mol. The second kappa shape index (κ2) is 6.87. The predicted octanol–water partition coefficient (Wildman–Crippen LogP) is 2.75. The molecule has 9 heteroatoms. The lowest BCUT2D eigenvalue weighted by Crippen LogP contribution is -2.44. The molecule has 0 unspecified atom stereocenters. The highest BCUT2D eigenvalue weighted by atomic mass is 19.1. The Kier molecular flexibility index (Phi) is 4.16. The molecule has 0 saturated heterocycles. The molecule has 2 aromatic carbocycles. The Hall–Kier alpha value is -3.88. The Morgan fingerprint density at radius 3 is 2.30 bits per heavy atom. The number of hydrogen-bond donors (Lipinski definition) is 0. The summed E-state index contributed by atoms with van der Waals surface area (Å²) in [7, 11) is 1.93. The highest BCUT2D eigenvalue weighted by molar-refractivity contribution is 6.05. The zero-order chi connectivity index (χ0) is 20.8. The second-order valence-corrected chi connectivity index (χ2v) is 7.11. The van der Waals surface area contributed by atoms with Crippen molar-refractivity contribution in [3.05, 3.63) is 66.0 Å². The molecular formula is C21H18FN7O. The summed E-state index contributed by atoms with van der Waals surface area (Å²) in [6, 6.07) is 13.4. The molecule has 5 rings (SSSR count). The first-order chi connectivity index (χ1) is 14.5. The van der Waals surface area contributed by atoms with E-state index < -0.39 is 0 Å². The third kappa shape index (κ3) is 2.95. The van der Waals surface area contributed by atoms with Gasteiger partial charge in [0.2, 0.25) is 5.82 Å². The van der Waals surface area contributed by atoms with Crippen molar-refractivity contribution in [1.82, 2.24) is 24.7 Å². The Morgan fingerprint density at radius 1 is 0.933 bits per heavy atom. The largest absolute Gasteiger partial charge is 0.355 e. The van der Waals surface area contributed by atoms with Gasteiger partial charge < -0.3 is 4.90 Å². The SMILES string of the molecule is Cc1nc(C(=O)N2CCN(C)c3nc4ccccc4nc32)nn1-c1ccc(F)cc1. The number of aryl methyl sites for hydroxylation is 1. The molecule has 0 atom stereocenters. The number of aromatic nitrogens is 5. The van der Waals surface area contributed by atoms with E-state index in [0.29, 0.717) is 41.8 Å². The highest BCUT2D eigenvalue weighted by Gasteiger charge is 2.31. The number of anilines is 2. The van der Waals surface area contributed by atoms with E-state index in [-0.39, 0.29) is 17.5 Å². The number of carbonyl (C=O) groups is 1. The van der Waals surface area contributed by atoms with Gasteiger partial charge in [-0.2, -0.15) is 0 Å². The standard InChI is InChI=1S/C21H18FN7O/c1-13-23-18(26-29(13)15-9-7-14(22)8-10-15)21(30)28-12-11-27(2)19-20(28)25-17-6-4-3-5-16(17)24-19/h3-10H,11-12H2,1-2H3. The molecule has 0 radical (unpaired) electrons. The number of nitrogens with zero attached hydrogens (tertiary/aromatic N) is 7. The van der Waals surface area contributed by atoms with Crippen molar-refractivity contribution in [2.75, 3.05) is 29.9 Å². The predicted molar refractivity (Wildman–Crippen MR) is 111 cm³/mol. The molecule has 0 fully saturated rings. The summed E-state index contributed by atoms with van der Waals surface area (Å²) in [5, 5.41) is 4.37. The summed E-state index contributed by atoms with van der Waals surface area (Å²) in [5.74, 6) is 1.03. The first-order valence-corrected chi connectivity index (χ1v) is 9.50.